The maximum atomic E-state index is 4.48. The summed E-state index contributed by atoms with van der Waals surface area (Å²) in [5.41, 5.74) is 1.30. The van der Waals surface area contributed by atoms with Crippen molar-refractivity contribution in [3.8, 4) is 0 Å². The number of nitrogens with zero attached hydrogens (tertiary/aromatic N) is 2. The first-order chi connectivity index (χ1) is 6.40. The molecule has 2 nitrogen and oxygen atoms in total. The third kappa shape index (κ3) is 2.87. The van der Waals surface area contributed by atoms with E-state index in [4.69, 9.17) is 0 Å². The predicted molar refractivity (Wildman–Crippen MR) is 55.8 cm³/mol. The van der Waals surface area contributed by atoms with Gasteiger partial charge in [0.25, 0.3) is 0 Å². The zero-order valence-electron chi connectivity index (χ0n) is 8.95. The van der Waals surface area contributed by atoms with Crippen LogP contribution in [0.1, 0.15) is 51.6 Å². The lowest BCUT2D eigenvalue weighted by atomic mass is 10.3. The van der Waals surface area contributed by atoms with E-state index in [0.29, 0.717) is 0 Å². The first-order valence-electron chi connectivity index (χ1n) is 5.43. The average molecular weight is 180 g/mol. The molecule has 0 radical (unpaired) electrons. The molecule has 0 N–H and O–H groups in total. The fourth-order valence-electron chi connectivity index (χ4n) is 1.33. The minimum Gasteiger partial charge on any atom is -0.272 e. The summed E-state index contributed by atoms with van der Waals surface area (Å²) in [5.74, 6) is 0.799. The van der Waals surface area contributed by atoms with Crippen molar-refractivity contribution in [3.63, 3.8) is 0 Å². The number of hydrogen-bond acceptors (Lipinski definition) is 1. The molecule has 0 spiro atoms. The van der Waals surface area contributed by atoms with Gasteiger partial charge in [0.15, 0.2) is 0 Å². The highest BCUT2D eigenvalue weighted by Crippen LogP contribution is 2.38. The predicted octanol–water partition coefficient (Wildman–Crippen LogP) is 3.20. The lowest BCUT2D eigenvalue weighted by molar-refractivity contribution is 0.594. The molecule has 0 amide bonds. The summed E-state index contributed by atoms with van der Waals surface area (Å²) in [6, 6.07) is 2.16. The van der Waals surface area contributed by atoms with Gasteiger partial charge in [-0.25, -0.2) is 0 Å². The van der Waals surface area contributed by atoms with Gasteiger partial charge in [-0.1, -0.05) is 20.8 Å². The summed E-state index contributed by atoms with van der Waals surface area (Å²) in [5, 5.41) is 4.48. The maximum absolute atomic E-state index is 4.48. The van der Waals surface area contributed by atoms with E-state index in [-0.39, 0.29) is 0 Å². The maximum Gasteiger partial charge on any atom is 0.0655 e. The summed E-state index contributed by atoms with van der Waals surface area (Å²) < 4.78 is 2.05. The van der Waals surface area contributed by atoms with Gasteiger partial charge in [-0.05, 0) is 25.3 Å². The zero-order valence-corrected chi connectivity index (χ0v) is 8.95. The molecule has 1 fully saturated rings. The molecule has 1 saturated carbocycles. The summed E-state index contributed by atoms with van der Waals surface area (Å²) in [7, 11) is 0. The van der Waals surface area contributed by atoms with Gasteiger partial charge in [-0.15, -0.1) is 0 Å². The third-order valence-corrected chi connectivity index (χ3v) is 2.11. The molecule has 0 bridgehead atoms. The second-order valence-electron chi connectivity index (χ2n) is 3.28. The second-order valence-corrected chi connectivity index (χ2v) is 3.28. The summed E-state index contributed by atoms with van der Waals surface area (Å²) >= 11 is 0. The van der Waals surface area contributed by atoms with Gasteiger partial charge in [-0.2, -0.15) is 5.10 Å². The third-order valence-electron chi connectivity index (χ3n) is 2.11. The van der Waals surface area contributed by atoms with Crippen LogP contribution in [0.2, 0.25) is 0 Å². The van der Waals surface area contributed by atoms with Crippen LogP contribution in [0.3, 0.4) is 0 Å². The largest absolute Gasteiger partial charge is 0.272 e. The fraction of sp³-hybridized carbons (Fsp3) is 0.727. The van der Waals surface area contributed by atoms with Gasteiger partial charge in [0.05, 0.1) is 5.69 Å². The Morgan fingerprint density at radius 2 is 2.15 bits per heavy atom. The molecule has 0 aliphatic heterocycles. The van der Waals surface area contributed by atoms with Crippen LogP contribution >= 0.6 is 0 Å². The monoisotopic (exact) mass is 180 g/mol. The Labute approximate surface area is 81.0 Å². The Kier molecular flexibility index (Phi) is 4.00. The molecule has 2 heteroatoms. The zero-order chi connectivity index (χ0) is 9.68. The van der Waals surface area contributed by atoms with E-state index in [0.717, 1.165) is 12.5 Å². The van der Waals surface area contributed by atoms with E-state index in [1.807, 2.05) is 18.5 Å². The van der Waals surface area contributed by atoms with E-state index in [2.05, 4.69) is 24.3 Å². The van der Waals surface area contributed by atoms with Crippen molar-refractivity contribution in [2.24, 2.45) is 0 Å². The second kappa shape index (κ2) is 5.05. The normalized spacial score (nSPS) is 15.0. The highest BCUT2D eigenvalue weighted by molar-refractivity contribution is 5.12. The van der Waals surface area contributed by atoms with Crippen LogP contribution in [-0.4, -0.2) is 9.78 Å². The molecule has 2 rings (SSSR count). The molecule has 0 saturated heterocycles. The van der Waals surface area contributed by atoms with E-state index in [1.54, 1.807) is 0 Å². The minimum atomic E-state index is 0.799. The molecule has 1 aliphatic rings. The molecular formula is C11H20N2. The summed E-state index contributed by atoms with van der Waals surface area (Å²) in [6.07, 6.45) is 5.97. The molecule has 0 atom stereocenters. The number of rotatable bonds is 3. The first-order valence-corrected chi connectivity index (χ1v) is 5.43. The molecule has 13 heavy (non-hydrogen) atoms. The van der Waals surface area contributed by atoms with E-state index in [9.17, 15) is 0 Å². The van der Waals surface area contributed by atoms with Crippen LogP contribution in [0, 0.1) is 0 Å². The molecule has 0 unspecified atom stereocenters. The Balaban J connectivity index is 0.000000396. The van der Waals surface area contributed by atoms with Crippen molar-refractivity contribution in [1.29, 1.82) is 0 Å². The van der Waals surface area contributed by atoms with Crippen molar-refractivity contribution < 1.29 is 0 Å². The van der Waals surface area contributed by atoms with Gasteiger partial charge in [-0.3, -0.25) is 4.68 Å². The van der Waals surface area contributed by atoms with Crippen molar-refractivity contribution in [1.82, 2.24) is 9.78 Å². The fourth-order valence-corrected chi connectivity index (χ4v) is 1.33. The highest BCUT2D eigenvalue weighted by atomic mass is 15.3. The summed E-state index contributed by atoms with van der Waals surface area (Å²) in [4.78, 5) is 0. The van der Waals surface area contributed by atoms with E-state index in [1.165, 1.54) is 25.0 Å². The molecule has 1 aromatic heterocycles. The molecule has 1 aromatic rings. The van der Waals surface area contributed by atoms with Gasteiger partial charge in [0, 0.05) is 18.7 Å². The van der Waals surface area contributed by atoms with Crippen molar-refractivity contribution in [2.75, 3.05) is 0 Å². The highest BCUT2D eigenvalue weighted by Gasteiger charge is 2.25. The Hall–Kier alpha value is -0.790. The van der Waals surface area contributed by atoms with Gasteiger partial charge in [0.2, 0.25) is 0 Å². The Morgan fingerprint density at radius 3 is 2.69 bits per heavy atom. The Bertz CT molecular complexity index is 236. The SMILES string of the molecule is CC.CCCn1ccc(C2CC2)n1. The molecule has 1 heterocycles. The van der Waals surface area contributed by atoms with Crippen molar-refractivity contribution >= 4 is 0 Å². The van der Waals surface area contributed by atoms with E-state index < -0.39 is 0 Å². The lowest BCUT2D eigenvalue weighted by Crippen LogP contribution is -1.97. The quantitative estimate of drug-likeness (QED) is 0.698. The molecule has 1 aliphatic carbocycles. The molecule has 0 aromatic carbocycles. The number of aromatic nitrogens is 2. The van der Waals surface area contributed by atoms with E-state index >= 15 is 0 Å². The molecular weight excluding hydrogens is 160 g/mol. The number of hydrogen-bond donors (Lipinski definition) is 0. The number of aryl methyl sites for hydroxylation is 1. The van der Waals surface area contributed by atoms with Gasteiger partial charge < -0.3 is 0 Å². The van der Waals surface area contributed by atoms with Crippen LogP contribution in [0.15, 0.2) is 12.3 Å². The minimum absolute atomic E-state index is 0.799. The summed E-state index contributed by atoms with van der Waals surface area (Å²) in [6.45, 7) is 7.24. The van der Waals surface area contributed by atoms with Crippen LogP contribution in [-0.2, 0) is 6.54 Å². The van der Waals surface area contributed by atoms with Crippen molar-refractivity contribution in [2.45, 2.75) is 52.5 Å². The van der Waals surface area contributed by atoms with Crippen molar-refractivity contribution in [3.05, 3.63) is 18.0 Å². The van der Waals surface area contributed by atoms with Crippen LogP contribution < -0.4 is 0 Å². The van der Waals surface area contributed by atoms with Crippen LogP contribution in [0.5, 0.6) is 0 Å². The van der Waals surface area contributed by atoms with Crippen LogP contribution in [0.4, 0.5) is 0 Å². The average Bonchev–Trinajstić information content (AvgIpc) is 2.92. The molecule has 74 valence electrons. The Morgan fingerprint density at radius 1 is 1.46 bits per heavy atom. The lowest BCUT2D eigenvalue weighted by Gasteiger charge is -1.95. The van der Waals surface area contributed by atoms with Gasteiger partial charge in [0.1, 0.15) is 0 Å². The van der Waals surface area contributed by atoms with Crippen LogP contribution in [0.25, 0.3) is 0 Å². The standard InChI is InChI=1S/C9H14N2.C2H6/c1-2-6-11-7-5-9(10-11)8-3-4-8;1-2/h5,7-8H,2-4,6H2,1H3;1-2H3. The topological polar surface area (TPSA) is 17.8 Å². The van der Waals surface area contributed by atoms with Gasteiger partial charge >= 0.3 is 0 Å². The smallest absolute Gasteiger partial charge is 0.0655 e. The first kappa shape index (κ1) is 10.3.